The molecule has 118 valence electrons. The predicted molar refractivity (Wildman–Crippen MR) is 82.4 cm³/mol. The molecule has 1 N–H and O–H groups in total. The summed E-state index contributed by atoms with van der Waals surface area (Å²) in [5.41, 5.74) is 1.68. The van der Waals surface area contributed by atoms with Gasteiger partial charge in [-0.05, 0) is 44.6 Å². The number of carbonyl (C=O) groups excluding carboxylic acids is 1. The van der Waals surface area contributed by atoms with Crippen molar-refractivity contribution >= 4 is 5.91 Å². The number of aryl methyl sites for hydroxylation is 1. The molecule has 2 rings (SSSR count). The number of nitrogens with zero attached hydrogens (tertiary/aromatic N) is 3. The van der Waals surface area contributed by atoms with Crippen molar-refractivity contribution in [2.75, 3.05) is 13.2 Å². The normalized spacial score (nSPS) is 18.7. The van der Waals surface area contributed by atoms with Crippen molar-refractivity contribution < 1.29 is 9.90 Å². The summed E-state index contributed by atoms with van der Waals surface area (Å²) < 4.78 is 1.82. The van der Waals surface area contributed by atoms with Gasteiger partial charge in [0.2, 0.25) is 0 Å². The Balaban J connectivity index is 2.18. The highest BCUT2D eigenvalue weighted by Gasteiger charge is 2.31. The third kappa shape index (κ3) is 3.46. The monoisotopic (exact) mass is 293 g/mol. The van der Waals surface area contributed by atoms with Crippen LogP contribution in [0.25, 0.3) is 0 Å². The van der Waals surface area contributed by atoms with E-state index in [0.717, 1.165) is 37.9 Å². The Hall–Kier alpha value is -1.36. The largest absolute Gasteiger partial charge is 0.396 e. The Morgan fingerprint density at radius 3 is 2.90 bits per heavy atom. The summed E-state index contributed by atoms with van der Waals surface area (Å²) >= 11 is 0. The second kappa shape index (κ2) is 7.07. The number of carbonyl (C=O) groups is 1. The summed E-state index contributed by atoms with van der Waals surface area (Å²) in [4.78, 5) is 14.8. The van der Waals surface area contributed by atoms with Crippen molar-refractivity contribution in [2.24, 2.45) is 0 Å². The van der Waals surface area contributed by atoms with Crippen molar-refractivity contribution in [1.29, 1.82) is 0 Å². The van der Waals surface area contributed by atoms with Gasteiger partial charge >= 0.3 is 0 Å². The third-order valence-corrected chi connectivity index (χ3v) is 4.24. The van der Waals surface area contributed by atoms with E-state index in [1.165, 1.54) is 0 Å². The Bertz CT molecular complexity index is 482. The molecule has 1 atom stereocenters. The zero-order valence-corrected chi connectivity index (χ0v) is 13.4. The highest BCUT2D eigenvalue weighted by molar-refractivity contribution is 5.93. The number of amides is 1. The molecule has 1 aromatic rings. The van der Waals surface area contributed by atoms with Crippen molar-refractivity contribution in [3.05, 3.63) is 17.5 Å². The molecule has 1 unspecified atom stereocenters. The maximum atomic E-state index is 12.8. The first-order valence-electron chi connectivity index (χ1n) is 8.08. The fourth-order valence-corrected chi connectivity index (χ4v) is 3.01. The molecule has 1 fully saturated rings. The zero-order valence-electron chi connectivity index (χ0n) is 13.4. The van der Waals surface area contributed by atoms with Crippen LogP contribution in [0.1, 0.15) is 68.6 Å². The first-order chi connectivity index (χ1) is 10.1. The number of hydrogen-bond acceptors (Lipinski definition) is 3. The van der Waals surface area contributed by atoms with Gasteiger partial charge in [0.25, 0.3) is 5.91 Å². The van der Waals surface area contributed by atoms with Gasteiger partial charge in [-0.1, -0.05) is 13.8 Å². The average Bonchev–Trinajstić information content (AvgIpc) is 3.10. The highest BCUT2D eigenvalue weighted by atomic mass is 16.3. The van der Waals surface area contributed by atoms with Crippen molar-refractivity contribution in [3.8, 4) is 0 Å². The molecule has 0 aliphatic carbocycles. The molecule has 0 spiro atoms. The van der Waals surface area contributed by atoms with Crippen LogP contribution in [0.5, 0.6) is 0 Å². The van der Waals surface area contributed by atoms with E-state index in [4.69, 9.17) is 5.11 Å². The minimum absolute atomic E-state index is 0.0942. The van der Waals surface area contributed by atoms with E-state index in [9.17, 15) is 4.79 Å². The van der Waals surface area contributed by atoms with Crippen molar-refractivity contribution in [1.82, 2.24) is 14.7 Å². The smallest absolute Gasteiger partial charge is 0.272 e. The van der Waals surface area contributed by atoms with Gasteiger partial charge < -0.3 is 10.0 Å². The maximum Gasteiger partial charge on any atom is 0.272 e. The van der Waals surface area contributed by atoms with E-state index in [-0.39, 0.29) is 18.6 Å². The first kappa shape index (κ1) is 16.0. The lowest BCUT2D eigenvalue weighted by molar-refractivity contribution is 0.0712. The number of aliphatic hydroxyl groups is 1. The van der Waals surface area contributed by atoms with Crippen LogP contribution < -0.4 is 0 Å². The van der Waals surface area contributed by atoms with Gasteiger partial charge in [0.15, 0.2) is 0 Å². The fourth-order valence-electron chi connectivity index (χ4n) is 3.01. The van der Waals surface area contributed by atoms with E-state index in [0.29, 0.717) is 18.2 Å². The Kier molecular flexibility index (Phi) is 5.39. The van der Waals surface area contributed by atoms with E-state index in [2.05, 4.69) is 18.9 Å². The molecule has 2 heterocycles. The van der Waals surface area contributed by atoms with Crippen LogP contribution in [-0.4, -0.2) is 44.9 Å². The molecule has 0 aromatic carbocycles. The number of aromatic nitrogens is 2. The van der Waals surface area contributed by atoms with Gasteiger partial charge in [-0.15, -0.1) is 0 Å². The minimum Gasteiger partial charge on any atom is -0.396 e. The number of rotatable bonds is 6. The Morgan fingerprint density at radius 1 is 1.52 bits per heavy atom. The van der Waals surface area contributed by atoms with Gasteiger partial charge in [-0.3, -0.25) is 9.48 Å². The lowest BCUT2D eigenvalue weighted by Gasteiger charge is -2.24. The molecule has 1 aromatic heterocycles. The molecular formula is C16H27N3O2. The van der Waals surface area contributed by atoms with E-state index < -0.39 is 0 Å². The lowest BCUT2D eigenvalue weighted by Crippen LogP contribution is -2.36. The molecule has 0 saturated carbocycles. The molecule has 5 heteroatoms. The Morgan fingerprint density at radius 2 is 2.29 bits per heavy atom. The topological polar surface area (TPSA) is 58.4 Å². The molecule has 0 bridgehead atoms. The zero-order chi connectivity index (χ0) is 15.4. The molecule has 0 radical (unpaired) electrons. The standard InChI is InChI=1S/C16H27N3O2/c1-4-19-15(11-14(17-19)12(2)3)16(21)18-9-5-7-13(18)8-6-10-20/h11-13,20H,4-10H2,1-3H3. The number of likely N-dealkylation sites (tertiary alicyclic amines) is 1. The molecule has 1 saturated heterocycles. The van der Waals surface area contributed by atoms with Gasteiger partial charge in [-0.2, -0.15) is 5.10 Å². The SMILES string of the molecule is CCn1nc(C(C)C)cc1C(=O)N1CCCC1CCCO. The fraction of sp³-hybridized carbons (Fsp3) is 0.750. The summed E-state index contributed by atoms with van der Waals surface area (Å²) in [7, 11) is 0. The third-order valence-electron chi connectivity index (χ3n) is 4.24. The summed E-state index contributed by atoms with van der Waals surface area (Å²) in [5, 5.41) is 13.5. The second-order valence-electron chi connectivity index (χ2n) is 6.09. The average molecular weight is 293 g/mol. The molecule has 5 nitrogen and oxygen atoms in total. The van der Waals surface area contributed by atoms with Crippen LogP contribution in [0.15, 0.2) is 6.07 Å². The van der Waals surface area contributed by atoms with Gasteiger partial charge in [0.05, 0.1) is 5.69 Å². The molecule has 1 aliphatic rings. The van der Waals surface area contributed by atoms with Crippen molar-refractivity contribution in [2.45, 2.75) is 65.0 Å². The molecule has 1 aliphatic heterocycles. The summed E-state index contributed by atoms with van der Waals surface area (Å²) in [6.07, 6.45) is 3.75. The van der Waals surface area contributed by atoms with Crippen LogP contribution in [-0.2, 0) is 6.54 Å². The Labute approximate surface area is 126 Å². The minimum atomic E-state index is 0.0942. The van der Waals surface area contributed by atoms with Gasteiger partial charge in [0.1, 0.15) is 5.69 Å². The highest BCUT2D eigenvalue weighted by Crippen LogP contribution is 2.24. The summed E-state index contributed by atoms with van der Waals surface area (Å²) in [5.74, 6) is 0.421. The molecular weight excluding hydrogens is 266 g/mol. The summed E-state index contributed by atoms with van der Waals surface area (Å²) in [6.45, 7) is 7.93. The van der Waals surface area contributed by atoms with Gasteiger partial charge in [-0.25, -0.2) is 0 Å². The van der Waals surface area contributed by atoms with Crippen LogP contribution in [0.4, 0.5) is 0 Å². The van der Waals surface area contributed by atoms with E-state index in [1.807, 2.05) is 22.6 Å². The molecule has 1 amide bonds. The predicted octanol–water partition coefficient (Wildman–Crippen LogP) is 2.40. The van der Waals surface area contributed by atoms with E-state index in [1.54, 1.807) is 0 Å². The van der Waals surface area contributed by atoms with Gasteiger partial charge in [0, 0.05) is 25.7 Å². The number of aliphatic hydroxyl groups excluding tert-OH is 1. The second-order valence-corrected chi connectivity index (χ2v) is 6.09. The number of hydrogen-bond donors (Lipinski definition) is 1. The summed E-state index contributed by atoms with van der Waals surface area (Å²) in [6, 6.07) is 2.21. The quantitative estimate of drug-likeness (QED) is 0.876. The van der Waals surface area contributed by atoms with Crippen LogP contribution in [0, 0.1) is 0 Å². The maximum absolute atomic E-state index is 12.8. The lowest BCUT2D eigenvalue weighted by atomic mass is 10.1. The first-order valence-corrected chi connectivity index (χ1v) is 8.08. The van der Waals surface area contributed by atoms with Crippen LogP contribution in [0.3, 0.4) is 0 Å². The van der Waals surface area contributed by atoms with Crippen LogP contribution in [0.2, 0.25) is 0 Å². The van der Waals surface area contributed by atoms with E-state index >= 15 is 0 Å². The van der Waals surface area contributed by atoms with Crippen LogP contribution >= 0.6 is 0 Å². The molecule has 21 heavy (non-hydrogen) atoms. The van der Waals surface area contributed by atoms with Crippen molar-refractivity contribution in [3.63, 3.8) is 0 Å².